The summed E-state index contributed by atoms with van der Waals surface area (Å²) >= 11 is 0. The Balaban J connectivity index is 1.73. The molecule has 120 valence electrons. The second kappa shape index (κ2) is 5.56. The third kappa shape index (κ3) is 2.46. The lowest BCUT2D eigenvalue weighted by molar-refractivity contribution is 0.432. The number of nitrogens with zero attached hydrogens (tertiary/aromatic N) is 5. The number of fused-ring (bicyclic) bond motifs is 1. The van der Waals surface area contributed by atoms with E-state index < -0.39 is 0 Å². The van der Waals surface area contributed by atoms with Crippen LogP contribution in [0.4, 0.5) is 0 Å². The summed E-state index contributed by atoms with van der Waals surface area (Å²) in [5.41, 5.74) is 4.75. The van der Waals surface area contributed by atoms with Gasteiger partial charge in [0.05, 0.1) is 5.52 Å². The molecule has 0 saturated carbocycles. The molecule has 6 nitrogen and oxygen atoms in total. The second-order valence-electron chi connectivity index (χ2n) is 6.12. The van der Waals surface area contributed by atoms with Gasteiger partial charge in [-0.15, -0.1) is 5.10 Å². The number of benzene rings is 2. The summed E-state index contributed by atoms with van der Waals surface area (Å²) in [6, 6.07) is 14.2. The number of hydrogen-bond donors (Lipinski definition) is 0. The molecule has 0 aliphatic heterocycles. The molecule has 0 amide bonds. The zero-order valence-corrected chi connectivity index (χ0v) is 13.8. The third-order valence-corrected chi connectivity index (χ3v) is 3.91. The van der Waals surface area contributed by atoms with Gasteiger partial charge >= 0.3 is 0 Å². The summed E-state index contributed by atoms with van der Waals surface area (Å²) in [5, 5.41) is 12.5. The average Bonchev–Trinajstić information content (AvgIpc) is 3.21. The predicted molar refractivity (Wildman–Crippen MR) is 91.4 cm³/mol. The van der Waals surface area contributed by atoms with Crippen LogP contribution in [0.1, 0.15) is 25.5 Å². The fraction of sp³-hybridized carbons (Fsp3) is 0.222. The van der Waals surface area contributed by atoms with Gasteiger partial charge in [-0.2, -0.15) is 4.98 Å². The lowest BCUT2D eigenvalue weighted by atomic mass is 10.1. The van der Waals surface area contributed by atoms with E-state index in [1.807, 2.05) is 54.1 Å². The van der Waals surface area contributed by atoms with Crippen molar-refractivity contribution in [1.82, 2.24) is 25.1 Å². The first-order valence-electron chi connectivity index (χ1n) is 7.88. The molecule has 0 bridgehead atoms. The van der Waals surface area contributed by atoms with Gasteiger partial charge in [-0.25, -0.2) is 4.68 Å². The Labute approximate surface area is 139 Å². The van der Waals surface area contributed by atoms with Crippen LogP contribution >= 0.6 is 0 Å². The number of hydrogen-bond acceptors (Lipinski definition) is 5. The van der Waals surface area contributed by atoms with Gasteiger partial charge in [0.1, 0.15) is 5.52 Å². The normalized spacial score (nSPS) is 11.5. The van der Waals surface area contributed by atoms with Crippen LogP contribution in [-0.2, 0) is 0 Å². The second-order valence-corrected chi connectivity index (χ2v) is 6.12. The van der Waals surface area contributed by atoms with Crippen LogP contribution in [0.25, 0.3) is 33.9 Å². The Bertz CT molecular complexity index is 1020. The molecule has 0 spiro atoms. The summed E-state index contributed by atoms with van der Waals surface area (Å²) in [5.74, 6) is 1.06. The van der Waals surface area contributed by atoms with E-state index in [9.17, 15) is 0 Å². The molecule has 4 aromatic rings. The van der Waals surface area contributed by atoms with E-state index in [-0.39, 0.29) is 6.04 Å². The summed E-state index contributed by atoms with van der Waals surface area (Å²) in [6.07, 6.45) is 0. The maximum Gasteiger partial charge on any atom is 0.258 e. The van der Waals surface area contributed by atoms with Crippen molar-refractivity contribution in [2.75, 3.05) is 0 Å². The Morgan fingerprint density at radius 2 is 1.92 bits per heavy atom. The van der Waals surface area contributed by atoms with E-state index in [0.717, 1.165) is 27.7 Å². The molecule has 24 heavy (non-hydrogen) atoms. The van der Waals surface area contributed by atoms with Gasteiger partial charge in [0, 0.05) is 17.2 Å². The quantitative estimate of drug-likeness (QED) is 0.570. The predicted octanol–water partition coefficient (Wildman–Crippen LogP) is 4.04. The van der Waals surface area contributed by atoms with Crippen LogP contribution in [-0.4, -0.2) is 25.1 Å². The Hall–Kier alpha value is -3.02. The van der Waals surface area contributed by atoms with Gasteiger partial charge in [0.2, 0.25) is 5.82 Å². The molecule has 0 atom stereocenters. The van der Waals surface area contributed by atoms with E-state index in [1.165, 1.54) is 0 Å². The molecule has 0 aliphatic carbocycles. The summed E-state index contributed by atoms with van der Waals surface area (Å²) in [7, 11) is 0. The lowest BCUT2D eigenvalue weighted by Crippen LogP contribution is -2.02. The van der Waals surface area contributed by atoms with Crippen LogP contribution in [0.5, 0.6) is 0 Å². The van der Waals surface area contributed by atoms with Crippen LogP contribution in [0, 0.1) is 6.92 Å². The minimum absolute atomic E-state index is 0.261. The van der Waals surface area contributed by atoms with Crippen molar-refractivity contribution < 1.29 is 4.52 Å². The molecule has 0 radical (unpaired) electrons. The van der Waals surface area contributed by atoms with Gasteiger partial charge in [-0.3, -0.25) is 0 Å². The average molecular weight is 319 g/mol. The van der Waals surface area contributed by atoms with Crippen LogP contribution in [0.3, 0.4) is 0 Å². The first-order valence-corrected chi connectivity index (χ1v) is 7.88. The molecule has 0 saturated heterocycles. The Morgan fingerprint density at radius 1 is 1.04 bits per heavy atom. The first-order chi connectivity index (χ1) is 11.6. The zero-order valence-electron chi connectivity index (χ0n) is 13.8. The maximum atomic E-state index is 5.43. The molecule has 2 heterocycles. The van der Waals surface area contributed by atoms with Gasteiger partial charge in [-0.1, -0.05) is 34.1 Å². The van der Waals surface area contributed by atoms with Crippen molar-refractivity contribution in [3.05, 3.63) is 48.0 Å². The van der Waals surface area contributed by atoms with Gasteiger partial charge in [-0.05, 0) is 45.0 Å². The third-order valence-electron chi connectivity index (χ3n) is 3.91. The van der Waals surface area contributed by atoms with Crippen molar-refractivity contribution in [1.29, 1.82) is 0 Å². The number of rotatable bonds is 3. The SMILES string of the molecule is Cc1cccc(-c2noc(-c3ccc4c(c3)nnn4C(C)C)n2)c1. The molecule has 0 aliphatic rings. The maximum absolute atomic E-state index is 5.43. The van der Waals surface area contributed by atoms with Crippen LogP contribution in [0.15, 0.2) is 47.0 Å². The fourth-order valence-electron chi connectivity index (χ4n) is 2.70. The van der Waals surface area contributed by atoms with Crippen LogP contribution < -0.4 is 0 Å². The minimum atomic E-state index is 0.261. The highest BCUT2D eigenvalue weighted by molar-refractivity contribution is 5.80. The number of aromatic nitrogens is 5. The fourth-order valence-corrected chi connectivity index (χ4v) is 2.70. The van der Waals surface area contributed by atoms with Crippen molar-refractivity contribution in [2.24, 2.45) is 0 Å². The van der Waals surface area contributed by atoms with E-state index >= 15 is 0 Å². The topological polar surface area (TPSA) is 69.6 Å². The van der Waals surface area contributed by atoms with Crippen molar-refractivity contribution in [3.8, 4) is 22.8 Å². The molecule has 2 aromatic carbocycles. The molecule has 4 rings (SSSR count). The Kier molecular flexibility index (Phi) is 3.37. The number of aryl methyl sites for hydroxylation is 1. The van der Waals surface area contributed by atoms with Gasteiger partial charge in [0.25, 0.3) is 5.89 Å². The van der Waals surface area contributed by atoms with Crippen LogP contribution in [0.2, 0.25) is 0 Å². The smallest absolute Gasteiger partial charge is 0.258 e. The highest BCUT2D eigenvalue weighted by atomic mass is 16.5. The van der Waals surface area contributed by atoms with Crippen molar-refractivity contribution in [3.63, 3.8) is 0 Å². The standard InChI is InChI=1S/C18H17N5O/c1-11(2)23-16-8-7-14(10-15(16)20-22-23)18-19-17(21-24-18)13-6-4-5-12(3)9-13/h4-11H,1-3H3. The molecular weight excluding hydrogens is 302 g/mol. The highest BCUT2D eigenvalue weighted by Gasteiger charge is 2.13. The van der Waals surface area contributed by atoms with Crippen molar-refractivity contribution in [2.45, 2.75) is 26.8 Å². The molecular formula is C18H17N5O. The van der Waals surface area contributed by atoms with E-state index in [1.54, 1.807) is 0 Å². The molecule has 0 unspecified atom stereocenters. The molecule has 6 heteroatoms. The first kappa shape index (κ1) is 14.6. The summed E-state index contributed by atoms with van der Waals surface area (Å²) < 4.78 is 7.33. The van der Waals surface area contributed by atoms with Crippen molar-refractivity contribution >= 4 is 11.0 Å². The monoisotopic (exact) mass is 319 g/mol. The van der Waals surface area contributed by atoms with E-state index in [2.05, 4.69) is 34.3 Å². The minimum Gasteiger partial charge on any atom is -0.334 e. The van der Waals surface area contributed by atoms with Gasteiger partial charge < -0.3 is 4.52 Å². The summed E-state index contributed by atoms with van der Waals surface area (Å²) in [6.45, 7) is 6.19. The van der Waals surface area contributed by atoms with Gasteiger partial charge in [0.15, 0.2) is 0 Å². The molecule has 0 fully saturated rings. The molecule has 2 aromatic heterocycles. The zero-order chi connectivity index (χ0) is 16.7. The molecule has 0 N–H and O–H groups in total. The highest BCUT2D eigenvalue weighted by Crippen LogP contribution is 2.26. The van der Waals surface area contributed by atoms with E-state index in [0.29, 0.717) is 11.7 Å². The van der Waals surface area contributed by atoms with E-state index in [4.69, 9.17) is 4.52 Å². The lowest BCUT2D eigenvalue weighted by Gasteiger charge is -2.04. The Morgan fingerprint density at radius 3 is 2.71 bits per heavy atom. The summed E-state index contributed by atoms with van der Waals surface area (Å²) in [4.78, 5) is 4.51. The largest absolute Gasteiger partial charge is 0.334 e.